The Balaban J connectivity index is 1.48. The van der Waals surface area contributed by atoms with Gasteiger partial charge in [-0.05, 0) is 47.7 Å². The molecule has 0 radical (unpaired) electrons. The second-order valence-electron chi connectivity index (χ2n) is 5.96. The molecule has 0 aliphatic carbocycles. The van der Waals surface area contributed by atoms with Crippen LogP contribution in [0.15, 0.2) is 61.1 Å². The van der Waals surface area contributed by atoms with E-state index in [1.807, 2.05) is 24.3 Å². The summed E-state index contributed by atoms with van der Waals surface area (Å²) in [6.07, 6.45) is 2.18. The molecule has 0 unspecified atom stereocenters. The number of benzene rings is 2. The van der Waals surface area contributed by atoms with Gasteiger partial charge in [-0.25, -0.2) is 9.48 Å². The standard InChI is InChI=1S/C19H15N5O3/c1-12(18(25)16-10-20-17-5-3-2-4-15(16)17)27-19(26)13-6-8-14(9-7-13)24-11-21-22-23-24/h2-12,20H,1H3/t12-/m1/s1. The van der Waals surface area contributed by atoms with Crippen LogP contribution in [0.25, 0.3) is 16.6 Å². The Morgan fingerprint density at radius 3 is 2.63 bits per heavy atom. The average Bonchev–Trinajstić information content (AvgIpc) is 3.37. The first kappa shape index (κ1) is 16.6. The molecule has 0 aliphatic rings. The Kier molecular flexibility index (Phi) is 4.21. The van der Waals surface area contributed by atoms with Gasteiger partial charge in [-0.3, -0.25) is 4.79 Å². The van der Waals surface area contributed by atoms with Crippen molar-refractivity contribution in [1.29, 1.82) is 0 Å². The Bertz CT molecular complexity index is 1100. The zero-order valence-electron chi connectivity index (χ0n) is 14.4. The maximum absolute atomic E-state index is 12.7. The zero-order chi connectivity index (χ0) is 18.8. The van der Waals surface area contributed by atoms with E-state index in [0.29, 0.717) is 16.8 Å². The summed E-state index contributed by atoms with van der Waals surface area (Å²) >= 11 is 0. The number of tetrazole rings is 1. The highest BCUT2D eigenvalue weighted by atomic mass is 16.5. The van der Waals surface area contributed by atoms with Crippen molar-refractivity contribution in [2.24, 2.45) is 0 Å². The van der Waals surface area contributed by atoms with Crippen molar-refractivity contribution in [1.82, 2.24) is 25.2 Å². The molecule has 0 bridgehead atoms. The quantitative estimate of drug-likeness (QED) is 0.433. The number of fused-ring (bicyclic) bond motifs is 1. The number of nitrogens with one attached hydrogen (secondary N) is 1. The van der Waals surface area contributed by atoms with Gasteiger partial charge in [0, 0.05) is 22.7 Å². The third-order valence-corrected chi connectivity index (χ3v) is 4.22. The van der Waals surface area contributed by atoms with E-state index in [0.717, 1.165) is 10.9 Å². The van der Waals surface area contributed by atoms with Crippen molar-refractivity contribution in [3.8, 4) is 5.69 Å². The Hall–Kier alpha value is -3.81. The normalized spacial score (nSPS) is 12.0. The molecule has 27 heavy (non-hydrogen) atoms. The van der Waals surface area contributed by atoms with Crippen LogP contribution in [0.1, 0.15) is 27.6 Å². The molecule has 8 nitrogen and oxygen atoms in total. The van der Waals surface area contributed by atoms with Gasteiger partial charge in [0.2, 0.25) is 5.78 Å². The van der Waals surface area contributed by atoms with Crippen molar-refractivity contribution in [2.75, 3.05) is 0 Å². The molecule has 2 aromatic carbocycles. The maximum atomic E-state index is 12.7. The van der Waals surface area contributed by atoms with Crippen molar-refractivity contribution in [3.05, 3.63) is 72.2 Å². The second kappa shape index (κ2) is 6.83. The number of esters is 1. The third-order valence-electron chi connectivity index (χ3n) is 4.22. The lowest BCUT2D eigenvalue weighted by molar-refractivity contribution is 0.0319. The van der Waals surface area contributed by atoms with E-state index in [1.165, 1.54) is 11.0 Å². The summed E-state index contributed by atoms with van der Waals surface area (Å²) in [7, 11) is 0. The van der Waals surface area contributed by atoms with E-state index >= 15 is 0 Å². The predicted molar refractivity (Wildman–Crippen MR) is 96.7 cm³/mol. The molecule has 1 atom stereocenters. The highest BCUT2D eigenvalue weighted by Crippen LogP contribution is 2.20. The minimum absolute atomic E-state index is 0.258. The number of ketones is 1. The van der Waals surface area contributed by atoms with E-state index < -0.39 is 12.1 Å². The minimum atomic E-state index is -0.907. The molecular weight excluding hydrogens is 346 g/mol. The van der Waals surface area contributed by atoms with Gasteiger partial charge in [-0.2, -0.15) is 0 Å². The number of rotatable bonds is 5. The van der Waals surface area contributed by atoms with Crippen LogP contribution in [0.2, 0.25) is 0 Å². The highest BCUT2D eigenvalue weighted by molar-refractivity contribution is 6.10. The molecule has 4 aromatic rings. The highest BCUT2D eigenvalue weighted by Gasteiger charge is 2.22. The summed E-state index contributed by atoms with van der Waals surface area (Å²) in [5.41, 5.74) is 2.40. The fourth-order valence-corrected chi connectivity index (χ4v) is 2.81. The van der Waals surface area contributed by atoms with Crippen LogP contribution in [-0.2, 0) is 4.74 Å². The number of H-pyrrole nitrogens is 1. The summed E-state index contributed by atoms with van der Waals surface area (Å²) in [4.78, 5) is 28.1. The lowest BCUT2D eigenvalue weighted by Gasteiger charge is -2.12. The van der Waals surface area contributed by atoms with Crippen LogP contribution in [0.4, 0.5) is 0 Å². The lowest BCUT2D eigenvalue weighted by atomic mass is 10.1. The van der Waals surface area contributed by atoms with Crippen molar-refractivity contribution >= 4 is 22.7 Å². The van der Waals surface area contributed by atoms with Gasteiger partial charge in [0.1, 0.15) is 6.33 Å². The summed E-state index contributed by atoms with van der Waals surface area (Å²) in [6, 6.07) is 14.1. The molecule has 0 saturated heterocycles. The number of aromatic nitrogens is 5. The number of carbonyl (C=O) groups excluding carboxylic acids is 2. The summed E-state index contributed by atoms with van der Waals surface area (Å²) < 4.78 is 6.82. The van der Waals surface area contributed by atoms with Crippen LogP contribution in [0.3, 0.4) is 0 Å². The summed E-state index contributed by atoms with van der Waals surface area (Å²) in [5.74, 6) is -0.829. The Morgan fingerprint density at radius 2 is 1.89 bits per heavy atom. The molecule has 134 valence electrons. The molecule has 0 fully saturated rings. The number of Topliss-reactive ketones (excluding diaryl/α,β-unsaturated/α-hetero) is 1. The van der Waals surface area contributed by atoms with Crippen LogP contribution in [0, 0.1) is 0 Å². The van der Waals surface area contributed by atoms with Crippen molar-refractivity contribution < 1.29 is 14.3 Å². The van der Waals surface area contributed by atoms with E-state index in [-0.39, 0.29) is 5.78 Å². The van der Waals surface area contributed by atoms with Gasteiger partial charge < -0.3 is 9.72 Å². The van der Waals surface area contributed by atoms with Gasteiger partial charge in [0.15, 0.2) is 6.10 Å². The van der Waals surface area contributed by atoms with Gasteiger partial charge in [-0.15, -0.1) is 5.10 Å². The number of nitrogens with zero attached hydrogens (tertiary/aromatic N) is 4. The largest absolute Gasteiger partial charge is 0.451 e. The zero-order valence-corrected chi connectivity index (χ0v) is 14.4. The minimum Gasteiger partial charge on any atom is -0.451 e. The Morgan fingerprint density at radius 1 is 1.11 bits per heavy atom. The fraction of sp³-hybridized carbons (Fsp3) is 0.105. The van der Waals surface area contributed by atoms with Crippen LogP contribution in [-0.4, -0.2) is 43.0 Å². The van der Waals surface area contributed by atoms with Crippen molar-refractivity contribution in [3.63, 3.8) is 0 Å². The predicted octanol–water partition coefficient (Wildman–Crippen LogP) is 2.57. The molecule has 2 heterocycles. The first-order chi connectivity index (χ1) is 13.1. The fourth-order valence-electron chi connectivity index (χ4n) is 2.81. The number of carbonyl (C=O) groups is 2. The van der Waals surface area contributed by atoms with E-state index in [1.54, 1.807) is 37.4 Å². The van der Waals surface area contributed by atoms with E-state index in [9.17, 15) is 9.59 Å². The molecule has 1 N–H and O–H groups in total. The number of hydrogen-bond donors (Lipinski definition) is 1. The molecular formula is C19H15N5O3. The SMILES string of the molecule is C[C@@H](OC(=O)c1ccc(-n2cnnn2)cc1)C(=O)c1c[nH]c2ccccc12. The molecule has 0 saturated carbocycles. The van der Waals surface area contributed by atoms with E-state index in [2.05, 4.69) is 20.5 Å². The molecule has 4 rings (SSSR count). The first-order valence-corrected chi connectivity index (χ1v) is 8.28. The number of hydrogen-bond acceptors (Lipinski definition) is 6. The number of para-hydroxylation sites is 1. The molecule has 0 spiro atoms. The molecule has 0 amide bonds. The number of ether oxygens (including phenoxy) is 1. The first-order valence-electron chi connectivity index (χ1n) is 8.28. The average molecular weight is 361 g/mol. The third kappa shape index (κ3) is 3.20. The topological polar surface area (TPSA) is 103 Å². The van der Waals surface area contributed by atoms with Gasteiger partial charge >= 0.3 is 5.97 Å². The smallest absolute Gasteiger partial charge is 0.338 e. The van der Waals surface area contributed by atoms with Crippen LogP contribution in [0.5, 0.6) is 0 Å². The van der Waals surface area contributed by atoms with Crippen LogP contribution >= 0.6 is 0 Å². The van der Waals surface area contributed by atoms with E-state index in [4.69, 9.17) is 4.74 Å². The monoisotopic (exact) mass is 361 g/mol. The van der Waals surface area contributed by atoms with Crippen molar-refractivity contribution in [2.45, 2.75) is 13.0 Å². The summed E-state index contributed by atoms with van der Waals surface area (Å²) in [5, 5.41) is 11.7. The second-order valence-corrected chi connectivity index (χ2v) is 5.96. The summed E-state index contributed by atoms with van der Waals surface area (Å²) in [6.45, 7) is 1.57. The molecule has 2 aromatic heterocycles. The number of aromatic amines is 1. The Labute approximate surface area is 153 Å². The van der Waals surface area contributed by atoms with Crippen LogP contribution < -0.4 is 0 Å². The molecule has 0 aliphatic heterocycles. The molecule has 8 heteroatoms. The lowest BCUT2D eigenvalue weighted by Crippen LogP contribution is -2.24. The maximum Gasteiger partial charge on any atom is 0.338 e. The van der Waals surface area contributed by atoms with Gasteiger partial charge in [0.05, 0.1) is 11.3 Å². The van der Waals surface area contributed by atoms with Gasteiger partial charge in [-0.1, -0.05) is 18.2 Å². The van der Waals surface area contributed by atoms with Gasteiger partial charge in [0.25, 0.3) is 0 Å².